The molecule has 0 aliphatic heterocycles. The zero-order valence-electron chi connectivity index (χ0n) is 11.4. The lowest BCUT2D eigenvalue weighted by atomic mass is 10.2. The van der Waals surface area contributed by atoms with Gasteiger partial charge in [-0.05, 0) is 31.2 Å². The number of hydrogen-bond donors (Lipinski definition) is 3. The standard InChI is InChI=1S/C14H16N2O5/c1-9(15-14(19)12-5-3-7-21-12)13(18)16-10(8-17)11-4-2-6-20-11/h2-7,9-10,17H,8H2,1H3,(H,15,19)(H,16,18). The van der Waals surface area contributed by atoms with Crippen molar-refractivity contribution in [3.63, 3.8) is 0 Å². The number of hydrogen-bond acceptors (Lipinski definition) is 5. The van der Waals surface area contributed by atoms with E-state index in [1.807, 2.05) is 0 Å². The van der Waals surface area contributed by atoms with Gasteiger partial charge in [0.15, 0.2) is 5.76 Å². The van der Waals surface area contributed by atoms with Gasteiger partial charge in [0.2, 0.25) is 5.91 Å². The Morgan fingerprint density at radius 1 is 1.19 bits per heavy atom. The van der Waals surface area contributed by atoms with Crippen LogP contribution in [0, 0.1) is 0 Å². The normalized spacial score (nSPS) is 13.4. The van der Waals surface area contributed by atoms with Crippen LogP contribution in [0.25, 0.3) is 0 Å². The van der Waals surface area contributed by atoms with Gasteiger partial charge in [-0.15, -0.1) is 0 Å². The van der Waals surface area contributed by atoms with Gasteiger partial charge in [0.1, 0.15) is 17.8 Å². The molecule has 7 nitrogen and oxygen atoms in total. The van der Waals surface area contributed by atoms with Crippen molar-refractivity contribution in [2.24, 2.45) is 0 Å². The Hall–Kier alpha value is -2.54. The van der Waals surface area contributed by atoms with Gasteiger partial charge in [-0.1, -0.05) is 0 Å². The molecular weight excluding hydrogens is 276 g/mol. The van der Waals surface area contributed by atoms with Crippen LogP contribution in [-0.4, -0.2) is 29.6 Å². The first-order valence-electron chi connectivity index (χ1n) is 6.41. The first kappa shape index (κ1) is 14.9. The van der Waals surface area contributed by atoms with E-state index in [-0.39, 0.29) is 12.4 Å². The molecule has 0 aliphatic rings. The summed E-state index contributed by atoms with van der Waals surface area (Å²) in [6, 6.07) is 4.94. The van der Waals surface area contributed by atoms with E-state index in [0.29, 0.717) is 5.76 Å². The van der Waals surface area contributed by atoms with Crippen LogP contribution in [0.4, 0.5) is 0 Å². The SMILES string of the molecule is CC(NC(=O)c1ccco1)C(=O)NC(CO)c1ccco1. The molecule has 2 aromatic rings. The summed E-state index contributed by atoms with van der Waals surface area (Å²) in [4.78, 5) is 23.8. The zero-order chi connectivity index (χ0) is 15.2. The van der Waals surface area contributed by atoms with Crippen LogP contribution in [0.1, 0.15) is 29.3 Å². The topological polar surface area (TPSA) is 105 Å². The zero-order valence-corrected chi connectivity index (χ0v) is 11.4. The van der Waals surface area contributed by atoms with Gasteiger partial charge in [0.25, 0.3) is 5.91 Å². The van der Waals surface area contributed by atoms with Crippen molar-refractivity contribution in [1.29, 1.82) is 0 Å². The first-order valence-corrected chi connectivity index (χ1v) is 6.41. The smallest absolute Gasteiger partial charge is 0.287 e. The average molecular weight is 292 g/mol. The second-order valence-corrected chi connectivity index (χ2v) is 4.43. The number of furan rings is 2. The maximum Gasteiger partial charge on any atom is 0.287 e. The molecule has 0 bridgehead atoms. The minimum absolute atomic E-state index is 0.124. The number of rotatable bonds is 6. The Labute approximate surface area is 120 Å². The highest BCUT2D eigenvalue weighted by Gasteiger charge is 2.22. The highest BCUT2D eigenvalue weighted by molar-refractivity contribution is 5.95. The van der Waals surface area contributed by atoms with E-state index in [9.17, 15) is 14.7 Å². The van der Waals surface area contributed by atoms with Gasteiger partial charge in [-0.3, -0.25) is 9.59 Å². The average Bonchev–Trinajstić information content (AvgIpc) is 3.16. The molecule has 21 heavy (non-hydrogen) atoms. The summed E-state index contributed by atoms with van der Waals surface area (Å²) >= 11 is 0. The van der Waals surface area contributed by atoms with E-state index in [0.717, 1.165) is 0 Å². The number of nitrogens with one attached hydrogen (secondary N) is 2. The molecule has 2 atom stereocenters. The van der Waals surface area contributed by atoms with Crippen LogP contribution in [0.2, 0.25) is 0 Å². The molecule has 2 unspecified atom stereocenters. The van der Waals surface area contributed by atoms with Crippen molar-refractivity contribution in [3.05, 3.63) is 48.3 Å². The van der Waals surface area contributed by atoms with Gasteiger partial charge in [0, 0.05) is 0 Å². The maximum atomic E-state index is 12.0. The van der Waals surface area contributed by atoms with E-state index in [4.69, 9.17) is 8.83 Å². The molecule has 112 valence electrons. The van der Waals surface area contributed by atoms with E-state index >= 15 is 0 Å². The van der Waals surface area contributed by atoms with Crippen LogP contribution in [0.3, 0.4) is 0 Å². The summed E-state index contributed by atoms with van der Waals surface area (Å²) < 4.78 is 10.1. The molecule has 2 aromatic heterocycles. The molecule has 0 fully saturated rings. The van der Waals surface area contributed by atoms with Crippen LogP contribution in [0.5, 0.6) is 0 Å². The van der Waals surface area contributed by atoms with E-state index in [2.05, 4.69) is 10.6 Å². The summed E-state index contributed by atoms with van der Waals surface area (Å²) in [7, 11) is 0. The van der Waals surface area contributed by atoms with Gasteiger partial charge in [-0.25, -0.2) is 0 Å². The van der Waals surface area contributed by atoms with E-state index in [1.54, 1.807) is 18.2 Å². The largest absolute Gasteiger partial charge is 0.467 e. The summed E-state index contributed by atoms with van der Waals surface area (Å²) in [5, 5.41) is 14.4. The summed E-state index contributed by atoms with van der Waals surface area (Å²) in [6.07, 6.45) is 2.82. The van der Waals surface area contributed by atoms with Crippen molar-refractivity contribution in [1.82, 2.24) is 10.6 Å². The number of aliphatic hydroxyl groups is 1. The minimum atomic E-state index is -0.786. The molecule has 0 spiro atoms. The van der Waals surface area contributed by atoms with Crippen molar-refractivity contribution in [2.75, 3.05) is 6.61 Å². The van der Waals surface area contributed by atoms with Gasteiger partial charge in [0.05, 0.1) is 19.1 Å². The minimum Gasteiger partial charge on any atom is -0.467 e. The third kappa shape index (κ3) is 3.73. The molecule has 3 N–H and O–H groups in total. The molecule has 0 radical (unpaired) electrons. The fraction of sp³-hybridized carbons (Fsp3) is 0.286. The molecule has 7 heteroatoms. The number of carbonyl (C=O) groups excluding carboxylic acids is 2. The van der Waals surface area contributed by atoms with Crippen LogP contribution >= 0.6 is 0 Å². The van der Waals surface area contributed by atoms with Gasteiger partial charge < -0.3 is 24.6 Å². The summed E-state index contributed by atoms with van der Waals surface area (Å²) in [5.41, 5.74) is 0. The third-order valence-corrected chi connectivity index (χ3v) is 2.87. The Bertz CT molecular complexity index is 577. The molecular formula is C14H16N2O5. The molecule has 0 saturated heterocycles. The van der Waals surface area contributed by atoms with Gasteiger partial charge in [-0.2, -0.15) is 0 Å². The quantitative estimate of drug-likeness (QED) is 0.732. The second kappa shape index (κ2) is 6.76. The van der Waals surface area contributed by atoms with Crippen LogP contribution in [0.15, 0.2) is 45.6 Å². The van der Waals surface area contributed by atoms with Crippen LogP contribution < -0.4 is 10.6 Å². The molecule has 2 heterocycles. The van der Waals surface area contributed by atoms with Crippen molar-refractivity contribution < 1.29 is 23.5 Å². The predicted molar refractivity (Wildman–Crippen MR) is 72.3 cm³/mol. The number of aliphatic hydroxyl groups excluding tert-OH is 1. The molecule has 0 aliphatic carbocycles. The lowest BCUT2D eigenvalue weighted by Crippen LogP contribution is -2.46. The Morgan fingerprint density at radius 2 is 1.90 bits per heavy atom. The fourth-order valence-corrected chi connectivity index (χ4v) is 1.73. The lowest BCUT2D eigenvalue weighted by molar-refractivity contribution is -0.123. The monoisotopic (exact) mass is 292 g/mol. The fourth-order valence-electron chi connectivity index (χ4n) is 1.73. The molecule has 2 rings (SSSR count). The van der Waals surface area contributed by atoms with Gasteiger partial charge >= 0.3 is 0 Å². The number of carbonyl (C=O) groups is 2. The summed E-state index contributed by atoms with van der Waals surface area (Å²) in [5.74, 6) is -0.360. The highest BCUT2D eigenvalue weighted by atomic mass is 16.3. The predicted octanol–water partition coefficient (Wildman–Crippen LogP) is 0.841. The Kier molecular flexibility index (Phi) is 4.78. The van der Waals surface area contributed by atoms with E-state index < -0.39 is 23.9 Å². The second-order valence-electron chi connectivity index (χ2n) is 4.43. The van der Waals surface area contributed by atoms with Crippen molar-refractivity contribution in [3.8, 4) is 0 Å². The third-order valence-electron chi connectivity index (χ3n) is 2.87. The summed E-state index contributed by atoms with van der Waals surface area (Å²) in [6.45, 7) is 1.23. The Balaban J connectivity index is 1.91. The number of amides is 2. The van der Waals surface area contributed by atoms with Crippen molar-refractivity contribution >= 4 is 11.8 Å². The first-order chi connectivity index (χ1) is 10.1. The molecule has 0 aromatic carbocycles. The van der Waals surface area contributed by atoms with Crippen molar-refractivity contribution in [2.45, 2.75) is 19.0 Å². The van der Waals surface area contributed by atoms with E-state index in [1.165, 1.54) is 25.5 Å². The Morgan fingerprint density at radius 3 is 2.48 bits per heavy atom. The molecule has 0 saturated carbocycles. The lowest BCUT2D eigenvalue weighted by Gasteiger charge is -2.18. The highest BCUT2D eigenvalue weighted by Crippen LogP contribution is 2.12. The van der Waals surface area contributed by atoms with Crippen LogP contribution in [-0.2, 0) is 4.79 Å². The maximum absolute atomic E-state index is 12.0. The molecule has 2 amide bonds.